The summed E-state index contributed by atoms with van der Waals surface area (Å²) in [5.41, 5.74) is 9.84. The van der Waals surface area contributed by atoms with Gasteiger partial charge in [-0.15, -0.1) is 0 Å². The monoisotopic (exact) mass is 265 g/mol. The highest BCUT2D eigenvalue weighted by molar-refractivity contribution is 5.38. The molecule has 0 aliphatic carbocycles. The normalized spacial score (nSPS) is 12.2. The van der Waals surface area contributed by atoms with Crippen molar-refractivity contribution >= 4 is 0 Å². The van der Waals surface area contributed by atoms with Crippen molar-refractivity contribution in [2.24, 2.45) is 11.7 Å². The zero-order valence-corrected chi connectivity index (χ0v) is 12.3. The van der Waals surface area contributed by atoms with Crippen LogP contribution in [0.3, 0.4) is 0 Å². The highest BCUT2D eigenvalue weighted by Gasteiger charge is 2.13. The van der Waals surface area contributed by atoms with Crippen LogP contribution in [0.5, 0.6) is 0 Å². The summed E-state index contributed by atoms with van der Waals surface area (Å²) in [7, 11) is 0. The van der Waals surface area contributed by atoms with Crippen molar-refractivity contribution in [1.29, 1.82) is 0 Å². The van der Waals surface area contributed by atoms with Crippen molar-refractivity contribution in [3.05, 3.63) is 83.4 Å². The highest BCUT2D eigenvalue weighted by Crippen LogP contribution is 2.28. The van der Waals surface area contributed by atoms with Crippen LogP contribution < -0.4 is 5.73 Å². The number of hydrogen-bond donors (Lipinski definition) is 1. The maximum Gasteiger partial charge on any atom is 0.0272 e. The topological polar surface area (TPSA) is 26.0 Å². The Hall–Kier alpha value is -1.86. The second-order valence-corrected chi connectivity index (χ2v) is 5.40. The van der Waals surface area contributed by atoms with Gasteiger partial charge in [0.2, 0.25) is 0 Å². The van der Waals surface area contributed by atoms with Crippen LogP contribution in [0, 0.1) is 5.92 Å². The van der Waals surface area contributed by atoms with Gasteiger partial charge in [-0.3, -0.25) is 0 Å². The summed E-state index contributed by atoms with van der Waals surface area (Å²) in [6.07, 6.45) is 2.33. The number of benzene rings is 2. The summed E-state index contributed by atoms with van der Waals surface area (Å²) >= 11 is 0. The van der Waals surface area contributed by atoms with E-state index in [0.717, 1.165) is 0 Å². The zero-order valence-electron chi connectivity index (χ0n) is 12.3. The molecule has 1 heteroatoms. The fourth-order valence-electron chi connectivity index (χ4n) is 2.42. The van der Waals surface area contributed by atoms with Gasteiger partial charge in [0.15, 0.2) is 0 Å². The van der Waals surface area contributed by atoms with Gasteiger partial charge in [0, 0.05) is 12.5 Å². The first-order valence-electron chi connectivity index (χ1n) is 7.23. The molecule has 0 saturated heterocycles. The van der Waals surface area contributed by atoms with Crippen LogP contribution in [-0.4, -0.2) is 6.54 Å². The van der Waals surface area contributed by atoms with Crippen molar-refractivity contribution < 1.29 is 0 Å². The Morgan fingerprint density at radius 3 is 1.70 bits per heavy atom. The smallest absolute Gasteiger partial charge is 0.0272 e. The highest BCUT2D eigenvalue weighted by atomic mass is 14.5. The molecule has 0 aliphatic heterocycles. The molecule has 2 aromatic carbocycles. The van der Waals surface area contributed by atoms with Gasteiger partial charge in [-0.25, -0.2) is 0 Å². The molecular weight excluding hydrogens is 242 g/mol. The molecule has 0 aromatic heterocycles. The molecule has 0 amide bonds. The SMILES string of the molecule is CC(C)/C(=C/C(c1ccccc1)c1ccccc1)CN. The van der Waals surface area contributed by atoms with E-state index in [1.54, 1.807) is 0 Å². The second-order valence-electron chi connectivity index (χ2n) is 5.40. The van der Waals surface area contributed by atoms with Gasteiger partial charge >= 0.3 is 0 Å². The summed E-state index contributed by atoms with van der Waals surface area (Å²) in [5.74, 6) is 0.758. The molecule has 1 nitrogen and oxygen atoms in total. The molecule has 0 fully saturated rings. The van der Waals surface area contributed by atoms with Crippen molar-refractivity contribution in [2.45, 2.75) is 19.8 Å². The largest absolute Gasteiger partial charge is 0.327 e. The van der Waals surface area contributed by atoms with Crippen LogP contribution in [0.15, 0.2) is 72.3 Å². The summed E-state index contributed by atoms with van der Waals surface area (Å²) in [5, 5.41) is 0. The number of rotatable bonds is 5. The Bertz CT molecular complexity index is 501. The van der Waals surface area contributed by atoms with Crippen molar-refractivity contribution in [3.8, 4) is 0 Å². The first kappa shape index (κ1) is 14.5. The number of nitrogens with two attached hydrogens (primary N) is 1. The minimum absolute atomic E-state index is 0.276. The maximum atomic E-state index is 5.91. The van der Waals surface area contributed by atoms with E-state index in [9.17, 15) is 0 Å². The zero-order chi connectivity index (χ0) is 14.4. The van der Waals surface area contributed by atoms with E-state index < -0.39 is 0 Å². The third-order valence-corrected chi connectivity index (χ3v) is 3.68. The molecule has 20 heavy (non-hydrogen) atoms. The van der Waals surface area contributed by atoms with E-state index in [1.165, 1.54) is 16.7 Å². The average molecular weight is 265 g/mol. The summed E-state index contributed by atoms with van der Waals surface area (Å²) in [4.78, 5) is 0. The van der Waals surface area contributed by atoms with E-state index in [-0.39, 0.29) is 5.92 Å². The first-order valence-corrected chi connectivity index (χ1v) is 7.23. The maximum absolute atomic E-state index is 5.91. The van der Waals surface area contributed by atoms with Gasteiger partial charge in [-0.05, 0) is 17.0 Å². The molecule has 0 spiro atoms. The second kappa shape index (κ2) is 7.06. The van der Waals surface area contributed by atoms with Gasteiger partial charge in [0.05, 0.1) is 0 Å². The van der Waals surface area contributed by atoms with Gasteiger partial charge < -0.3 is 5.73 Å². The lowest BCUT2D eigenvalue weighted by molar-refractivity contribution is 0.734. The van der Waals surface area contributed by atoms with E-state index in [2.05, 4.69) is 80.6 Å². The summed E-state index contributed by atoms with van der Waals surface area (Å²) in [6, 6.07) is 21.2. The molecule has 0 radical (unpaired) electrons. The third kappa shape index (κ3) is 3.58. The molecule has 2 rings (SSSR count). The van der Waals surface area contributed by atoms with E-state index in [0.29, 0.717) is 12.5 Å². The van der Waals surface area contributed by atoms with Crippen LogP contribution in [-0.2, 0) is 0 Å². The lowest BCUT2D eigenvalue weighted by Crippen LogP contribution is -2.11. The molecule has 0 unspecified atom stereocenters. The molecule has 0 atom stereocenters. The van der Waals surface area contributed by atoms with Crippen LogP contribution in [0.1, 0.15) is 30.9 Å². The van der Waals surface area contributed by atoms with Crippen LogP contribution in [0.4, 0.5) is 0 Å². The fraction of sp³-hybridized carbons (Fsp3) is 0.263. The van der Waals surface area contributed by atoms with E-state index >= 15 is 0 Å². The Balaban J connectivity index is 2.45. The third-order valence-electron chi connectivity index (χ3n) is 3.68. The van der Waals surface area contributed by atoms with Gasteiger partial charge in [0.25, 0.3) is 0 Å². The van der Waals surface area contributed by atoms with Gasteiger partial charge in [-0.2, -0.15) is 0 Å². The lowest BCUT2D eigenvalue weighted by atomic mass is 9.87. The number of hydrogen-bond acceptors (Lipinski definition) is 1. The van der Waals surface area contributed by atoms with Crippen LogP contribution in [0.25, 0.3) is 0 Å². The first-order chi connectivity index (χ1) is 9.72. The summed E-state index contributed by atoms with van der Waals surface area (Å²) in [6.45, 7) is 5.02. The Labute approximate surface area is 122 Å². The van der Waals surface area contributed by atoms with E-state index in [1.807, 2.05) is 0 Å². The van der Waals surface area contributed by atoms with Crippen molar-refractivity contribution in [2.75, 3.05) is 6.54 Å². The van der Waals surface area contributed by atoms with E-state index in [4.69, 9.17) is 5.73 Å². The van der Waals surface area contributed by atoms with Gasteiger partial charge in [0.1, 0.15) is 0 Å². The fourth-order valence-corrected chi connectivity index (χ4v) is 2.42. The van der Waals surface area contributed by atoms with Crippen LogP contribution >= 0.6 is 0 Å². The Morgan fingerprint density at radius 1 is 0.900 bits per heavy atom. The molecule has 0 heterocycles. The summed E-state index contributed by atoms with van der Waals surface area (Å²) < 4.78 is 0. The molecule has 104 valence electrons. The number of allylic oxidation sites excluding steroid dienone is 1. The Morgan fingerprint density at radius 2 is 1.35 bits per heavy atom. The molecule has 2 N–H and O–H groups in total. The Kier molecular flexibility index (Phi) is 5.14. The minimum Gasteiger partial charge on any atom is -0.327 e. The van der Waals surface area contributed by atoms with Gasteiger partial charge in [-0.1, -0.05) is 86.2 Å². The minimum atomic E-state index is 0.276. The van der Waals surface area contributed by atoms with Crippen molar-refractivity contribution in [1.82, 2.24) is 0 Å². The predicted molar refractivity (Wildman–Crippen MR) is 86.7 cm³/mol. The predicted octanol–water partition coefficient (Wildman–Crippen LogP) is 4.36. The molecule has 0 saturated carbocycles. The lowest BCUT2D eigenvalue weighted by Gasteiger charge is -2.18. The molecule has 0 bridgehead atoms. The molecule has 0 aliphatic rings. The van der Waals surface area contributed by atoms with Crippen molar-refractivity contribution in [3.63, 3.8) is 0 Å². The quantitative estimate of drug-likeness (QED) is 0.799. The average Bonchev–Trinajstić information content (AvgIpc) is 2.50. The standard InChI is InChI=1S/C19H23N/c1-15(2)18(14-20)13-19(16-9-5-3-6-10-16)17-11-7-4-8-12-17/h3-13,15,19H,14,20H2,1-2H3/b18-13+. The van der Waals surface area contributed by atoms with Crippen LogP contribution in [0.2, 0.25) is 0 Å². The molecular formula is C19H23N. The molecule has 2 aromatic rings.